The van der Waals surface area contributed by atoms with Crippen LogP contribution in [-0.2, 0) is 16.1 Å². The first-order valence-electron chi connectivity index (χ1n) is 7.96. The van der Waals surface area contributed by atoms with E-state index in [-0.39, 0.29) is 17.4 Å². The Kier molecular flexibility index (Phi) is 6.26. The lowest BCUT2D eigenvalue weighted by molar-refractivity contribution is -0.153. The molecule has 0 saturated heterocycles. The number of anilines is 1. The molecule has 0 bridgehead atoms. The quantitative estimate of drug-likeness (QED) is 0.739. The molecule has 6 nitrogen and oxygen atoms in total. The van der Waals surface area contributed by atoms with Crippen molar-refractivity contribution in [3.8, 4) is 0 Å². The van der Waals surface area contributed by atoms with Gasteiger partial charge in [0.05, 0.1) is 22.9 Å². The molecule has 0 unspecified atom stereocenters. The summed E-state index contributed by atoms with van der Waals surface area (Å²) in [7, 11) is 0. The van der Waals surface area contributed by atoms with Crippen LogP contribution in [0.3, 0.4) is 0 Å². The summed E-state index contributed by atoms with van der Waals surface area (Å²) in [6, 6.07) is 5.03. The molecule has 2 aromatic rings. The van der Waals surface area contributed by atoms with Gasteiger partial charge < -0.3 is 14.7 Å². The van der Waals surface area contributed by atoms with Crippen molar-refractivity contribution in [2.24, 2.45) is 0 Å². The number of aryl methyl sites for hydroxylation is 1. The number of nitrogens with zero attached hydrogens (tertiary/aromatic N) is 2. The number of carboxylic acid groups (broad SMARTS) is 1. The van der Waals surface area contributed by atoms with Gasteiger partial charge in [0.2, 0.25) is 0 Å². The van der Waals surface area contributed by atoms with Crippen molar-refractivity contribution in [3.05, 3.63) is 44.9 Å². The molecule has 140 valence electrons. The molecule has 2 heterocycles. The average Bonchev–Trinajstić information content (AvgIpc) is 2.96. The lowest BCUT2D eigenvalue weighted by atomic mass is 10.2. The number of hydrogen-bond donors (Lipinski definition) is 1. The van der Waals surface area contributed by atoms with Crippen molar-refractivity contribution in [1.29, 1.82) is 0 Å². The van der Waals surface area contributed by atoms with Crippen LogP contribution in [-0.4, -0.2) is 34.2 Å². The predicted octanol–water partition coefficient (Wildman–Crippen LogP) is 4.15. The zero-order chi connectivity index (χ0) is 19.5. The molecule has 0 atom stereocenters. The summed E-state index contributed by atoms with van der Waals surface area (Å²) in [6.07, 6.45) is 1.54. The molecule has 2 aromatic heterocycles. The minimum absolute atomic E-state index is 0.000434. The lowest BCUT2D eigenvalue weighted by Crippen LogP contribution is -2.35. The van der Waals surface area contributed by atoms with Crippen molar-refractivity contribution in [2.75, 3.05) is 11.4 Å². The first-order valence-corrected chi connectivity index (χ1v) is 9.15. The van der Waals surface area contributed by atoms with E-state index in [9.17, 15) is 9.59 Å². The zero-order valence-electron chi connectivity index (χ0n) is 15.1. The number of rotatable bonds is 6. The maximum atomic E-state index is 12.3. The van der Waals surface area contributed by atoms with Crippen molar-refractivity contribution >= 4 is 40.6 Å². The summed E-state index contributed by atoms with van der Waals surface area (Å²) >= 11 is 7.24. The summed E-state index contributed by atoms with van der Waals surface area (Å²) in [4.78, 5) is 30.5. The summed E-state index contributed by atoms with van der Waals surface area (Å²) in [5, 5.41) is 9.55. The number of aromatic nitrogens is 1. The van der Waals surface area contributed by atoms with Crippen molar-refractivity contribution in [3.63, 3.8) is 0 Å². The van der Waals surface area contributed by atoms with E-state index in [0.717, 1.165) is 4.88 Å². The maximum absolute atomic E-state index is 12.3. The third-order valence-electron chi connectivity index (χ3n) is 3.33. The predicted molar refractivity (Wildman–Crippen MR) is 102 cm³/mol. The topological polar surface area (TPSA) is 79.7 Å². The van der Waals surface area contributed by atoms with Gasteiger partial charge in [-0.3, -0.25) is 9.78 Å². The Morgan fingerprint density at radius 1 is 1.35 bits per heavy atom. The summed E-state index contributed by atoms with van der Waals surface area (Å²) in [5.41, 5.74) is 0.825. The fourth-order valence-corrected chi connectivity index (χ4v) is 3.35. The molecule has 0 aliphatic rings. The van der Waals surface area contributed by atoms with Gasteiger partial charge >= 0.3 is 11.9 Å². The molecule has 0 aromatic carbocycles. The van der Waals surface area contributed by atoms with E-state index in [1.165, 1.54) is 11.3 Å². The minimum atomic E-state index is -0.972. The van der Waals surface area contributed by atoms with Crippen LogP contribution in [0.1, 0.15) is 41.0 Å². The molecule has 1 N–H and O–H groups in total. The van der Waals surface area contributed by atoms with Crippen LogP contribution in [0.4, 0.5) is 5.69 Å². The molecule has 0 saturated carbocycles. The first-order chi connectivity index (χ1) is 12.0. The number of carbonyl (C=O) groups excluding carboxylic acids is 1. The van der Waals surface area contributed by atoms with Gasteiger partial charge in [-0.05, 0) is 45.9 Å². The largest absolute Gasteiger partial charge is 0.477 e. The van der Waals surface area contributed by atoms with Crippen LogP contribution in [0.15, 0.2) is 24.4 Å². The Morgan fingerprint density at radius 2 is 2.04 bits per heavy atom. The van der Waals surface area contributed by atoms with Crippen molar-refractivity contribution in [2.45, 2.75) is 39.8 Å². The summed E-state index contributed by atoms with van der Waals surface area (Å²) in [5.74, 6) is -1.35. The standard InChI is InChI=1S/C18H21ClN2O4S/c1-11-14(7-12(19)8-20-11)21(10-16(22)25-18(2,3)4)9-13-5-6-15(26-13)17(23)24/h5-8H,9-10H2,1-4H3,(H,23,24). The second-order valence-corrected chi connectivity index (χ2v) is 8.38. The minimum Gasteiger partial charge on any atom is -0.477 e. The Morgan fingerprint density at radius 3 is 2.62 bits per heavy atom. The van der Waals surface area contributed by atoms with Gasteiger partial charge in [0.15, 0.2) is 0 Å². The van der Waals surface area contributed by atoms with E-state index in [1.54, 1.807) is 50.1 Å². The summed E-state index contributed by atoms with van der Waals surface area (Å²) in [6.45, 7) is 7.59. The van der Waals surface area contributed by atoms with Crippen LogP contribution < -0.4 is 4.90 Å². The number of esters is 1. The Hall–Kier alpha value is -2.12. The van der Waals surface area contributed by atoms with Gasteiger partial charge in [0.1, 0.15) is 17.0 Å². The Balaban J connectivity index is 2.29. The number of pyridine rings is 1. The highest BCUT2D eigenvalue weighted by molar-refractivity contribution is 7.13. The highest BCUT2D eigenvalue weighted by Crippen LogP contribution is 2.26. The SMILES string of the molecule is Cc1ncc(Cl)cc1N(CC(=O)OC(C)(C)C)Cc1ccc(C(=O)O)s1. The molecular weight excluding hydrogens is 376 g/mol. The van der Waals surface area contributed by atoms with E-state index in [2.05, 4.69) is 4.98 Å². The zero-order valence-corrected chi connectivity index (χ0v) is 16.6. The van der Waals surface area contributed by atoms with E-state index in [1.807, 2.05) is 6.92 Å². The number of aromatic carboxylic acids is 1. The third-order valence-corrected chi connectivity index (χ3v) is 4.59. The highest BCUT2D eigenvalue weighted by Gasteiger charge is 2.22. The Labute approximate surface area is 161 Å². The molecular formula is C18H21ClN2O4S. The average molecular weight is 397 g/mol. The van der Waals surface area contributed by atoms with Crippen LogP contribution in [0.5, 0.6) is 0 Å². The molecule has 0 amide bonds. The van der Waals surface area contributed by atoms with E-state index >= 15 is 0 Å². The van der Waals surface area contributed by atoms with Crippen molar-refractivity contribution < 1.29 is 19.4 Å². The number of carboxylic acids is 1. The second kappa shape index (κ2) is 8.05. The highest BCUT2D eigenvalue weighted by atomic mass is 35.5. The maximum Gasteiger partial charge on any atom is 0.345 e. The van der Waals surface area contributed by atoms with Gasteiger partial charge in [-0.15, -0.1) is 11.3 Å². The number of thiophene rings is 1. The first kappa shape index (κ1) is 20.2. The molecule has 0 fully saturated rings. The smallest absolute Gasteiger partial charge is 0.345 e. The Bertz CT molecular complexity index is 814. The fourth-order valence-electron chi connectivity index (χ4n) is 2.34. The monoisotopic (exact) mass is 396 g/mol. The second-order valence-electron chi connectivity index (χ2n) is 6.77. The number of ether oxygens (including phenoxy) is 1. The van der Waals surface area contributed by atoms with Gasteiger partial charge in [-0.2, -0.15) is 0 Å². The van der Waals surface area contributed by atoms with Crippen molar-refractivity contribution in [1.82, 2.24) is 4.98 Å². The molecule has 8 heteroatoms. The molecule has 0 aliphatic heterocycles. The number of carbonyl (C=O) groups is 2. The summed E-state index contributed by atoms with van der Waals surface area (Å²) < 4.78 is 5.42. The third kappa shape index (κ3) is 5.71. The molecule has 0 spiro atoms. The molecule has 0 radical (unpaired) electrons. The van der Waals surface area contributed by atoms with Gasteiger partial charge in [-0.25, -0.2) is 4.79 Å². The van der Waals surface area contributed by atoms with Crippen LogP contribution in [0, 0.1) is 6.92 Å². The van der Waals surface area contributed by atoms with Crippen LogP contribution in [0.2, 0.25) is 5.02 Å². The van der Waals surface area contributed by atoms with Crippen LogP contribution >= 0.6 is 22.9 Å². The number of hydrogen-bond acceptors (Lipinski definition) is 6. The lowest BCUT2D eigenvalue weighted by Gasteiger charge is -2.27. The molecule has 0 aliphatic carbocycles. The number of halogens is 1. The van der Waals surface area contributed by atoms with Crippen LogP contribution in [0.25, 0.3) is 0 Å². The van der Waals surface area contributed by atoms with Gasteiger partial charge in [0.25, 0.3) is 0 Å². The van der Waals surface area contributed by atoms with Gasteiger partial charge in [-0.1, -0.05) is 11.6 Å². The van der Waals surface area contributed by atoms with E-state index < -0.39 is 11.6 Å². The molecule has 26 heavy (non-hydrogen) atoms. The van der Waals surface area contributed by atoms with E-state index in [0.29, 0.717) is 22.9 Å². The fraction of sp³-hybridized carbons (Fsp3) is 0.389. The van der Waals surface area contributed by atoms with E-state index in [4.69, 9.17) is 21.4 Å². The van der Waals surface area contributed by atoms with Gasteiger partial charge in [0, 0.05) is 11.1 Å². The normalized spacial score (nSPS) is 11.3. The molecule has 2 rings (SSSR count).